The van der Waals surface area contributed by atoms with E-state index in [9.17, 15) is 0 Å². The summed E-state index contributed by atoms with van der Waals surface area (Å²) in [5, 5.41) is 4.48. The van der Waals surface area contributed by atoms with Crippen molar-refractivity contribution in [1.29, 1.82) is 0 Å². The molecule has 1 aliphatic heterocycles. The van der Waals surface area contributed by atoms with Gasteiger partial charge in [0.25, 0.3) is 0 Å². The lowest BCUT2D eigenvalue weighted by Gasteiger charge is -2.21. The fourth-order valence-electron chi connectivity index (χ4n) is 2.11. The summed E-state index contributed by atoms with van der Waals surface area (Å²) in [7, 11) is 1.97. The molecule has 0 bridgehead atoms. The Kier molecular flexibility index (Phi) is 3.37. The van der Waals surface area contributed by atoms with E-state index in [1.54, 1.807) is 0 Å². The summed E-state index contributed by atoms with van der Waals surface area (Å²) in [5.74, 6) is 0. The molecule has 0 saturated carbocycles. The van der Waals surface area contributed by atoms with Crippen molar-refractivity contribution >= 4 is 15.9 Å². The van der Waals surface area contributed by atoms with E-state index in [1.807, 2.05) is 11.7 Å². The summed E-state index contributed by atoms with van der Waals surface area (Å²) in [5.41, 5.74) is 8.34. The standard InChI is InChI=1S/C11H18BrN3O/c1-3-8-10(12)9(15(2)14-8)6-11(13)4-5-16-7-11/h3-7,13H2,1-2H3. The molecule has 1 aromatic rings. The molecule has 1 unspecified atom stereocenters. The van der Waals surface area contributed by atoms with Crippen molar-refractivity contribution in [1.82, 2.24) is 9.78 Å². The molecule has 2 rings (SSSR count). The first kappa shape index (κ1) is 12.1. The van der Waals surface area contributed by atoms with Gasteiger partial charge in [-0.3, -0.25) is 4.68 Å². The zero-order valence-electron chi connectivity index (χ0n) is 9.79. The fraction of sp³-hybridized carbons (Fsp3) is 0.727. The summed E-state index contributed by atoms with van der Waals surface area (Å²) in [6.45, 7) is 3.52. The molecule has 0 spiro atoms. The molecule has 4 nitrogen and oxygen atoms in total. The first-order valence-corrected chi connectivity index (χ1v) is 6.42. The van der Waals surface area contributed by atoms with Crippen LogP contribution in [0.2, 0.25) is 0 Å². The average molecular weight is 288 g/mol. The van der Waals surface area contributed by atoms with E-state index in [0.717, 1.165) is 36.0 Å². The molecule has 0 aliphatic carbocycles. The maximum absolute atomic E-state index is 6.29. The Morgan fingerprint density at radius 1 is 1.62 bits per heavy atom. The third-order valence-electron chi connectivity index (χ3n) is 3.16. The van der Waals surface area contributed by atoms with Gasteiger partial charge in [-0.05, 0) is 28.8 Å². The average Bonchev–Trinajstić information content (AvgIpc) is 2.78. The number of aromatic nitrogens is 2. The quantitative estimate of drug-likeness (QED) is 0.915. The molecule has 0 radical (unpaired) electrons. The van der Waals surface area contributed by atoms with Gasteiger partial charge in [0, 0.05) is 25.6 Å². The topological polar surface area (TPSA) is 53.1 Å². The van der Waals surface area contributed by atoms with E-state index in [2.05, 4.69) is 28.0 Å². The van der Waals surface area contributed by atoms with Crippen molar-refractivity contribution in [2.45, 2.75) is 31.7 Å². The van der Waals surface area contributed by atoms with Crippen LogP contribution in [0, 0.1) is 0 Å². The van der Waals surface area contributed by atoms with Crippen LogP contribution in [-0.4, -0.2) is 28.5 Å². The predicted molar refractivity (Wildman–Crippen MR) is 66.3 cm³/mol. The Morgan fingerprint density at radius 2 is 2.38 bits per heavy atom. The number of ether oxygens (including phenoxy) is 1. The van der Waals surface area contributed by atoms with Crippen molar-refractivity contribution < 1.29 is 4.74 Å². The number of nitrogens with zero attached hydrogens (tertiary/aromatic N) is 2. The second-order valence-electron chi connectivity index (χ2n) is 4.53. The lowest BCUT2D eigenvalue weighted by atomic mass is 9.94. The lowest BCUT2D eigenvalue weighted by molar-refractivity contribution is 0.177. The van der Waals surface area contributed by atoms with Crippen LogP contribution < -0.4 is 5.73 Å². The van der Waals surface area contributed by atoms with Crippen LogP contribution in [0.15, 0.2) is 4.47 Å². The summed E-state index contributed by atoms with van der Waals surface area (Å²) in [6.07, 6.45) is 2.67. The van der Waals surface area contributed by atoms with E-state index >= 15 is 0 Å². The molecule has 1 fully saturated rings. The van der Waals surface area contributed by atoms with Crippen LogP contribution >= 0.6 is 15.9 Å². The third kappa shape index (κ3) is 2.17. The fourth-order valence-corrected chi connectivity index (χ4v) is 2.86. The van der Waals surface area contributed by atoms with Gasteiger partial charge in [0.05, 0.1) is 22.5 Å². The van der Waals surface area contributed by atoms with Gasteiger partial charge in [0.15, 0.2) is 0 Å². The number of aryl methyl sites for hydroxylation is 2. The molecule has 2 N–H and O–H groups in total. The number of nitrogens with two attached hydrogens (primary N) is 1. The maximum atomic E-state index is 6.29. The largest absolute Gasteiger partial charge is 0.379 e. The maximum Gasteiger partial charge on any atom is 0.0766 e. The summed E-state index contributed by atoms with van der Waals surface area (Å²) >= 11 is 3.61. The highest BCUT2D eigenvalue weighted by Gasteiger charge is 2.32. The Labute approximate surface area is 104 Å². The normalized spacial score (nSPS) is 25.2. The lowest BCUT2D eigenvalue weighted by Crippen LogP contribution is -2.43. The highest BCUT2D eigenvalue weighted by molar-refractivity contribution is 9.10. The smallest absolute Gasteiger partial charge is 0.0766 e. The molecule has 0 aromatic carbocycles. The Balaban J connectivity index is 2.23. The molecule has 5 heteroatoms. The minimum atomic E-state index is -0.221. The second-order valence-corrected chi connectivity index (χ2v) is 5.32. The number of hydrogen-bond donors (Lipinski definition) is 1. The molecule has 16 heavy (non-hydrogen) atoms. The van der Waals surface area contributed by atoms with Crippen molar-refractivity contribution in [3.05, 3.63) is 15.9 Å². The Hall–Kier alpha value is -0.390. The third-order valence-corrected chi connectivity index (χ3v) is 4.07. The van der Waals surface area contributed by atoms with Crippen LogP contribution in [-0.2, 0) is 24.6 Å². The van der Waals surface area contributed by atoms with Gasteiger partial charge in [-0.15, -0.1) is 0 Å². The molecule has 2 heterocycles. The van der Waals surface area contributed by atoms with Gasteiger partial charge >= 0.3 is 0 Å². The summed E-state index contributed by atoms with van der Waals surface area (Å²) in [4.78, 5) is 0. The molecule has 1 aromatic heterocycles. The molecule has 1 aliphatic rings. The van der Waals surface area contributed by atoms with E-state index in [4.69, 9.17) is 10.5 Å². The molecule has 1 saturated heterocycles. The van der Waals surface area contributed by atoms with Gasteiger partial charge in [-0.1, -0.05) is 6.92 Å². The second kappa shape index (κ2) is 4.47. The molecule has 90 valence electrons. The zero-order chi connectivity index (χ0) is 11.8. The molecular formula is C11H18BrN3O. The SMILES string of the molecule is CCc1nn(C)c(CC2(N)CCOC2)c1Br. The van der Waals surface area contributed by atoms with Crippen molar-refractivity contribution in [2.75, 3.05) is 13.2 Å². The van der Waals surface area contributed by atoms with E-state index in [1.165, 1.54) is 5.69 Å². The van der Waals surface area contributed by atoms with Gasteiger partial charge in [-0.25, -0.2) is 0 Å². The summed E-state index contributed by atoms with van der Waals surface area (Å²) < 4.78 is 8.41. The molecule has 1 atom stereocenters. The monoisotopic (exact) mass is 287 g/mol. The minimum absolute atomic E-state index is 0.221. The number of hydrogen-bond acceptors (Lipinski definition) is 3. The highest BCUT2D eigenvalue weighted by Crippen LogP contribution is 2.27. The van der Waals surface area contributed by atoms with E-state index in [-0.39, 0.29) is 5.54 Å². The van der Waals surface area contributed by atoms with Crippen molar-refractivity contribution in [3.8, 4) is 0 Å². The number of rotatable bonds is 3. The Morgan fingerprint density at radius 3 is 2.88 bits per heavy atom. The van der Waals surface area contributed by atoms with Crippen LogP contribution in [0.5, 0.6) is 0 Å². The summed E-state index contributed by atoms with van der Waals surface area (Å²) in [6, 6.07) is 0. The van der Waals surface area contributed by atoms with Crippen molar-refractivity contribution in [3.63, 3.8) is 0 Å². The van der Waals surface area contributed by atoms with Crippen LogP contribution in [0.4, 0.5) is 0 Å². The first-order chi connectivity index (χ1) is 7.56. The van der Waals surface area contributed by atoms with Crippen LogP contribution in [0.25, 0.3) is 0 Å². The van der Waals surface area contributed by atoms with Gasteiger partial charge in [0.1, 0.15) is 0 Å². The first-order valence-electron chi connectivity index (χ1n) is 5.62. The van der Waals surface area contributed by atoms with Gasteiger partial charge < -0.3 is 10.5 Å². The van der Waals surface area contributed by atoms with E-state index < -0.39 is 0 Å². The predicted octanol–water partition coefficient (Wildman–Crippen LogP) is 1.41. The molecular weight excluding hydrogens is 270 g/mol. The number of halogens is 1. The van der Waals surface area contributed by atoms with Crippen LogP contribution in [0.3, 0.4) is 0 Å². The zero-order valence-corrected chi connectivity index (χ0v) is 11.4. The van der Waals surface area contributed by atoms with Gasteiger partial charge in [-0.2, -0.15) is 5.10 Å². The highest BCUT2D eigenvalue weighted by atomic mass is 79.9. The minimum Gasteiger partial charge on any atom is -0.379 e. The Bertz CT molecular complexity index is 383. The van der Waals surface area contributed by atoms with E-state index in [0.29, 0.717) is 6.61 Å². The van der Waals surface area contributed by atoms with Crippen LogP contribution in [0.1, 0.15) is 24.7 Å². The van der Waals surface area contributed by atoms with Crippen molar-refractivity contribution in [2.24, 2.45) is 12.8 Å². The molecule has 0 amide bonds. The van der Waals surface area contributed by atoms with Gasteiger partial charge in [0.2, 0.25) is 0 Å².